The third kappa shape index (κ3) is 3.20. The summed E-state index contributed by atoms with van der Waals surface area (Å²) in [6.07, 6.45) is 0. The van der Waals surface area contributed by atoms with Gasteiger partial charge in [-0.05, 0) is 34.0 Å². The molecule has 7 heteroatoms. The van der Waals surface area contributed by atoms with Crippen molar-refractivity contribution in [2.45, 2.75) is 13.1 Å². The Balaban J connectivity index is 1.78. The number of rotatable bonds is 6. The maximum Gasteiger partial charge on any atom is 0.270 e. The van der Waals surface area contributed by atoms with Crippen molar-refractivity contribution >= 4 is 27.8 Å². The SMILES string of the molecule is COc1ccc(N2Cc3cccc4cc([N+](=O)[O-])cc(c34)C2)c(NCCO)c1. The van der Waals surface area contributed by atoms with Crippen LogP contribution in [0.5, 0.6) is 5.75 Å². The number of benzene rings is 3. The molecule has 1 aliphatic heterocycles. The van der Waals surface area contributed by atoms with E-state index in [1.54, 1.807) is 19.2 Å². The van der Waals surface area contributed by atoms with Crippen LogP contribution in [0.25, 0.3) is 10.8 Å². The third-order valence-electron chi connectivity index (χ3n) is 5.03. The Labute approximate surface area is 162 Å². The van der Waals surface area contributed by atoms with Crippen LogP contribution in [-0.4, -0.2) is 30.3 Å². The molecule has 7 nitrogen and oxygen atoms in total. The number of aliphatic hydroxyl groups is 1. The maximum atomic E-state index is 11.4. The standard InChI is InChI=1S/C21H21N3O4/c1-28-18-5-6-20(19(11-18)22-7-8-25)23-12-15-4-2-3-14-9-17(24(26)27)10-16(13-23)21(14)15/h2-6,9-11,22,25H,7-8,12-13H2,1H3. The zero-order valence-electron chi connectivity index (χ0n) is 15.5. The fraction of sp³-hybridized carbons (Fsp3) is 0.238. The number of ether oxygens (including phenoxy) is 1. The van der Waals surface area contributed by atoms with E-state index in [9.17, 15) is 15.2 Å². The number of nitro groups is 1. The van der Waals surface area contributed by atoms with Crippen LogP contribution in [0.15, 0.2) is 48.5 Å². The molecule has 3 aromatic rings. The molecule has 0 spiro atoms. The molecule has 0 saturated carbocycles. The summed E-state index contributed by atoms with van der Waals surface area (Å²) in [6, 6.07) is 15.0. The highest BCUT2D eigenvalue weighted by atomic mass is 16.6. The first-order valence-electron chi connectivity index (χ1n) is 9.07. The summed E-state index contributed by atoms with van der Waals surface area (Å²) in [5, 5.41) is 25.8. The number of hydrogen-bond acceptors (Lipinski definition) is 6. The largest absolute Gasteiger partial charge is 0.497 e. The van der Waals surface area contributed by atoms with E-state index in [0.717, 1.165) is 39.0 Å². The lowest BCUT2D eigenvalue weighted by molar-refractivity contribution is -0.384. The van der Waals surface area contributed by atoms with Gasteiger partial charge in [-0.3, -0.25) is 10.1 Å². The van der Waals surface area contributed by atoms with Gasteiger partial charge in [-0.2, -0.15) is 0 Å². The van der Waals surface area contributed by atoms with Crippen molar-refractivity contribution in [3.05, 3.63) is 69.8 Å². The lowest BCUT2D eigenvalue weighted by atomic mass is 9.94. The molecule has 0 unspecified atom stereocenters. The maximum absolute atomic E-state index is 11.4. The number of nitro benzene ring substituents is 1. The van der Waals surface area contributed by atoms with E-state index in [0.29, 0.717) is 19.6 Å². The summed E-state index contributed by atoms with van der Waals surface area (Å²) in [4.78, 5) is 13.2. The van der Waals surface area contributed by atoms with Gasteiger partial charge >= 0.3 is 0 Å². The molecule has 4 rings (SSSR count). The van der Waals surface area contributed by atoms with Gasteiger partial charge in [0.15, 0.2) is 0 Å². The van der Waals surface area contributed by atoms with Crippen LogP contribution in [-0.2, 0) is 13.1 Å². The summed E-state index contributed by atoms with van der Waals surface area (Å²) in [6.45, 7) is 1.70. The van der Waals surface area contributed by atoms with Crippen molar-refractivity contribution in [1.29, 1.82) is 0 Å². The van der Waals surface area contributed by atoms with Gasteiger partial charge in [-0.15, -0.1) is 0 Å². The highest BCUT2D eigenvalue weighted by Crippen LogP contribution is 2.38. The van der Waals surface area contributed by atoms with Crippen molar-refractivity contribution in [3.8, 4) is 5.75 Å². The Morgan fingerprint density at radius 3 is 2.75 bits per heavy atom. The predicted molar refractivity (Wildman–Crippen MR) is 109 cm³/mol. The normalized spacial score (nSPS) is 12.9. The van der Waals surface area contributed by atoms with Crippen LogP contribution in [0.4, 0.5) is 17.1 Å². The van der Waals surface area contributed by atoms with Crippen LogP contribution in [0.3, 0.4) is 0 Å². The highest BCUT2D eigenvalue weighted by Gasteiger charge is 2.23. The molecule has 0 fully saturated rings. The number of nitrogens with zero attached hydrogens (tertiary/aromatic N) is 2. The zero-order valence-corrected chi connectivity index (χ0v) is 15.5. The van der Waals surface area contributed by atoms with E-state index in [4.69, 9.17) is 4.74 Å². The Kier molecular flexibility index (Phi) is 4.75. The second-order valence-corrected chi connectivity index (χ2v) is 6.77. The van der Waals surface area contributed by atoms with Crippen molar-refractivity contribution in [1.82, 2.24) is 0 Å². The molecule has 1 heterocycles. The molecule has 0 saturated heterocycles. The average molecular weight is 379 g/mol. The summed E-state index contributed by atoms with van der Waals surface area (Å²) < 4.78 is 5.33. The third-order valence-corrected chi connectivity index (χ3v) is 5.03. The molecule has 0 amide bonds. The van der Waals surface area contributed by atoms with Crippen molar-refractivity contribution in [2.75, 3.05) is 30.5 Å². The molecule has 28 heavy (non-hydrogen) atoms. The fourth-order valence-corrected chi connectivity index (χ4v) is 3.83. The first-order valence-corrected chi connectivity index (χ1v) is 9.07. The van der Waals surface area contributed by atoms with E-state index >= 15 is 0 Å². The lowest BCUT2D eigenvalue weighted by Crippen LogP contribution is -2.27. The predicted octanol–water partition coefficient (Wildman–Crippen LogP) is 3.68. The molecular weight excluding hydrogens is 358 g/mol. The number of non-ortho nitro benzene ring substituents is 1. The van der Waals surface area contributed by atoms with E-state index in [2.05, 4.69) is 16.3 Å². The fourth-order valence-electron chi connectivity index (χ4n) is 3.83. The number of hydrogen-bond donors (Lipinski definition) is 2. The smallest absolute Gasteiger partial charge is 0.270 e. The average Bonchev–Trinajstić information content (AvgIpc) is 2.71. The van der Waals surface area contributed by atoms with Crippen LogP contribution in [0.1, 0.15) is 11.1 Å². The minimum Gasteiger partial charge on any atom is -0.497 e. The summed E-state index contributed by atoms with van der Waals surface area (Å²) in [5.41, 5.74) is 4.00. The van der Waals surface area contributed by atoms with Gasteiger partial charge in [0.2, 0.25) is 0 Å². The van der Waals surface area contributed by atoms with Gasteiger partial charge < -0.3 is 20.1 Å². The molecule has 3 aromatic carbocycles. The molecule has 0 aromatic heterocycles. The van der Waals surface area contributed by atoms with E-state index < -0.39 is 0 Å². The van der Waals surface area contributed by atoms with Crippen molar-refractivity contribution < 1.29 is 14.8 Å². The van der Waals surface area contributed by atoms with Crippen LogP contribution >= 0.6 is 0 Å². The lowest BCUT2D eigenvalue weighted by Gasteiger charge is -2.32. The molecule has 0 radical (unpaired) electrons. The summed E-state index contributed by atoms with van der Waals surface area (Å²) >= 11 is 0. The second-order valence-electron chi connectivity index (χ2n) is 6.77. The van der Waals surface area contributed by atoms with Gasteiger partial charge in [-0.25, -0.2) is 0 Å². The number of methoxy groups -OCH3 is 1. The zero-order chi connectivity index (χ0) is 19.7. The van der Waals surface area contributed by atoms with Gasteiger partial charge in [0.1, 0.15) is 5.75 Å². The van der Waals surface area contributed by atoms with Gasteiger partial charge in [0, 0.05) is 37.8 Å². The van der Waals surface area contributed by atoms with Crippen LogP contribution in [0, 0.1) is 10.1 Å². The van der Waals surface area contributed by atoms with E-state index in [1.807, 2.05) is 30.3 Å². The molecular formula is C21H21N3O4. The van der Waals surface area contributed by atoms with Crippen LogP contribution < -0.4 is 15.0 Å². The molecule has 2 N–H and O–H groups in total. The van der Waals surface area contributed by atoms with E-state index in [1.165, 1.54) is 0 Å². The molecule has 144 valence electrons. The summed E-state index contributed by atoms with van der Waals surface area (Å²) in [7, 11) is 1.61. The Morgan fingerprint density at radius 1 is 1.18 bits per heavy atom. The number of aliphatic hydroxyl groups excluding tert-OH is 1. The number of nitrogens with one attached hydrogen (secondary N) is 1. The Hall–Kier alpha value is -3.32. The minimum atomic E-state index is -0.344. The molecule has 0 aliphatic carbocycles. The minimum absolute atomic E-state index is 0.0188. The van der Waals surface area contributed by atoms with Gasteiger partial charge in [0.25, 0.3) is 5.69 Å². The van der Waals surface area contributed by atoms with E-state index in [-0.39, 0.29) is 17.2 Å². The monoisotopic (exact) mass is 379 g/mol. The summed E-state index contributed by atoms with van der Waals surface area (Å²) in [5.74, 6) is 0.722. The molecule has 1 aliphatic rings. The quantitative estimate of drug-likeness (QED) is 0.502. The molecule has 0 atom stereocenters. The second kappa shape index (κ2) is 7.36. The Bertz CT molecular complexity index is 1050. The van der Waals surface area contributed by atoms with Crippen LogP contribution in [0.2, 0.25) is 0 Å². The van der Waals surface area contributed by atoms with Crippen molar-refractivity contribution in [3.63, 3.8) is 0 Å². The first kappa shape index (κ1) is 18.1. The topological polar surface area (TPSA) is 87.9 Å². The van der Waals surface area contributed by atoms with Gasteiger partial charge in [-0.1, -0.05) is 18.2 Å². The molecule has 0 bridgehead atoms. The van der Waals surface area contributed by atoms with Crippen molar-refractivity contribution in [2.24, 2.45) is 0 Å². The Morgan fingerprint density at radius 2 is 2.00 bits per heavy atom. The number of anilines is 2. The van der Waals surface area contributed by atoms with Gasteiger partial charge in [0.05, 0.1) is 30.0 Å². The highest BCUT2D eigenvalue weighted by molar-refractivity contribution is 5.92. The first-order chi connectivity index (χ1) is 13.6.